The number of amides is 2. The topological polar surface area (TPSA) is 106 Å². The minimum absolute atomic E-state index is 0.246. The summed E-state index contributed by atoms with van der Waals surface area (Å²) in [5.74, 6) is 0.526. The lowest BCUT2D eigenvalue weighted by Crippen LogP contribution is -2.27. The van der Waals surface area contributed by atoms with Gasteiger partial charge in [-0.2, -0.15) is 5.10 Å². The minimum atomic E-state index is -0.443. The van der Waals surface area contributed by atoms with Gasteiger partial charge in [-0.25, -0.2) is 5.43 Å². The number of rotatable bonds is 7. The van der Waals surface area contributed by atoms with Crippen LogP contribution < -0.4 is 15.5 Å². The van der Waals surface area contributed by atoms with E-state index in [1.165, 1.54) is 6.07 Å². The maximum atomic E-state index is 12.7. The van der Waals surface area contributed by atoms with Crippen LogP contribution in [0.3, 0.4) is 0 Å². The van der Waals surface area contributed by atoms with Gasteiger partial charge in [-0.05, 0) is 49.6 Å². The van der Waals surface area contributed by atoms with Crippen molar-refractivity contribution in [2.75, 3.05) is 6.61 Å². The number of furan rings is 1. The van der Waals surface area contributed by atoms with E-state index in [1.807, 2.05) is 19.1 Å². The van der Waals surface area contributed by atoms with Crippen LogP contribution in [0.5, 0.6) is 5.75 Å². The van der Waals surface area contributed by atoms with E-state index in [9.17, 15) is 9.59 Å². The number of fused-ring (bicyclic) bond motifs is 1. The summed E-state index contributed by atoms with van der Waals surface area (Å²) in [5, 5.41) is 7.92. The Morgan fingerprint density at radius 3 is 2.85 bits per heavy atom. The lowest BCUT2D eigenvalue weighted by Gasteiger charge is -2.13. The van der Waals surface area contributed by atoms with E-state index in [4.69, 9.17) is 32.4 Å². The fourth-order valence-electron chi connectivity index (χ4n) is 3.66. The van der Waals surface area contributed by atoms with Gasteiger partial charge in [-0.15, -0.1) is 0 Å². The molecule has 0 bridgehead atoms. The Kier molecular flexibility index (Phi) is 7.49. The predicted octanol–water partition coefficient (Wildman–Crippen LogP) is 4.46. The number of nitrogens with one attached hydrogen (secondary N) is 2. The first-order valence-electron chi connectivity index (χ1n) is 10.7. The number of aromatic nitrogens is 1. The van der Waals surface area contributed by atoms with Gasteiger partial charge in [0, 0.05) is 41.5 Å². The van der Waals surface area contributed by atoms with Crippen molar-refractivity contribution in [1.82, 2.24) is 15.7 Å². The summed E-state index contributed by atoms with van der Waals surface area (Å²) in [4.78, 5) is 29.0. The summed E-state index contributed by atoms with van der Waals surface area (Å²) < 4.78 is 11.3. The van der Waals surface area contributed by atoms with E-state index in [0.717, 1.165) is 17.5 Å². The third-order valence-electron chi connectivity index (χ3n) is 5.28. The van der Waals surface area contributed by atoms with Crippen molar-refractivity contribution in [1.29, 1.82) is 0 Å². The first-order chi connectivity index (χ1) is 16.4. The van der Waals surface area contributed by atoms with Crippen LogP contribution in [0.4, 0.5) is 0 Å². The van der Waals surface area contributed by atoms with Crippen LogP contribution in [-0.2, 0) is 17.8 Å². The largest absolute Gasteiger partial charge is 0.482 e. The number of aryl methyl sites for hydroxylation is 1. The number of carbonyl (C=O) groups is 2. The van der Waals surface area contributed by atoms with Gasteiger partial charge in [0.1, 0.15) is 11.5 Å². The van der Waals surface area contributed by atoms with Crippen molar-refractivity contribution in [2.45, 2.75) is 32.7 Å². The number of hydrogen-bond donors (Lipinski definition) is 2. The fourth-order valence-corrected chi connectivity index (χ4v) is 4.12. The van der Waals surface area contributed by atoms with Crippen LogP contribution in [0.25, 0.3) is 0 Å². The Morgan fingerprint density at radius 2 is 2.09 bits per heavy atom. The number of benzene rings is 1. The average Bonchev–Trinajstić information content (AvgIpc) is 3.18. The number of hydrazone groups is 1. The molecular formula is C24H22Cl2N4O4. The van der Waals surface area contributed by atoms with Crippen molar-refractivity contribution in [3.8, 4) is 5.75 Å². The molecule has 0 aliphatic heterocycles. The number of halogens is 2. The van der Waals surface area contributed by atoms with Gasteiger partial charge >= 0.3 is 0 Å². The van der Waals surface area contributed by atoms with E-state index < -0.39 is 5.91 Å². The zero-order valence-electron chi connectivity index (χ0n) is 18.4. The zero-order valence-corrected chi connectivity index (χ0v) is 19.9. The highest BCUT2D eigenvalue weighted by atomic mass is 35.5. The first-order valence-corrected chi connectivity index (χ1v) is 11.4. The summed E-state index contributed by atoms with van der Waals surface area (Å²) in [6.45, 7) is 1.89. The fraction of sp³-hybridized carbons (Fsp3) is 0.250. The van der Waals surface area contributed by atoms with Gasteiger partial charge in [0.25, 0.3) is 11.8 Å². The Morgan fingerprint density at radius 1 is 1.24 bits per heavy atom. The van der Waals surface area contributed by atoms with Gasteiger partial charge in [0.15, 0.2) is 12.4 Å². The third-order valence-corrected chi connectivity index (χ3v) is 5.81. The summed E-state index contributed by atoms with van der Waals surface area (Å²) >= 11 is 11.9. The molecule has 2 N–H and O–H groups in total. The molecule has 2 heterocycles. The van der Waals surface area contributed by atoms with Gasteiger partial charge in [-0.3, -0.25) is 14.6 Å². The van der Waals surface area contributed by atoms with Crippen molar-refractivity contribution in [3.05, 3.63) is 81.0 Å². The Hall–Kier alpha value is -3.36. The quantitative estimate of drug-likeness (QED) is 0.466. The highest BCUT2D eigenvalue weighted by Gasteiger charge is 2.28. The van der Waals surface area contributed by atoms with Crippen molar-refractivity contribution < 1.29 is 18.7 Å². The summed E-state index contributed by atoms with van der Waals surface area (Å²) in [7, 11) is 0. The summed E-state index contributed by atoms with van der Waals surface area (Å²) in [6, 6.07) is 8.44. The molecule has 0 radical (unpaired) electrons. The Labute approximate surface area is 206 Å². The SMILES string of the molecule is Cc1c(C(=O)NCc2cccnc2)oc2c1/C(=N/NC(=O)COc1ccc(Cl)cc1Cl)CCC2. The Bertz CT molecular complexity index is 1240. The molecule has 2 aromatic heterocycles. The highest BCUT2D eigenvalue weighted by Crippen LogP contribution is 2.30. The number of carbonyl (C=O) groups excluding carboxylic acids is 2. The molecule has 1 aliphatic rings. The maximum Gasteiger partial charge on any atom is 0.287 e. The molecule has 176 valence electrons. The molecule has 1 aliphatic carbocycles. The molecule has 3 aromatic rings. The lowest BCUT2D eigenvalue weighted by atomic mass is 9.93. The first kappa shape index (κ1) is 23.8. The van der Waals surface area contributed by atoms with Crippen LogP contribution in [-0.4, -0.2) is 29.1 Å². The van der Waals surface area contributed by atoms with Gasteiger partial charge in [0.05, 0.1) is 10.7 Å². The number of nitrogens with zero attached hydrogens (tertiary/aromatic N) is 2. The van der Waals surface area contributed by atoms with Crippen LogP contribution >= 0.6 is 23.2 Å². The van der Waals surface area contributed by atoms with Gasteiger partial charge < -0.3 is 14.5 Å². The second kappa shape index (κ2) is 10.7. The number of pyridine rings is 1. The molecule has 0 atom stereocenters. The third kappa shape index (κ3) is 5.58. The molecule has 1 aromatic carbocycles. The molecule has 34 heavy (non-hydrogen) atoms. The molecule has 0 spiro atoms. The van der Waals surface area contributed by atoms with Gasteiger partial charge in [-0.1, -0.05) is 29.3 Å². The van der Waals surface area contributed by atoms with E-state index in [0.29, 0.717) is 52.2 Å². The Balaban J connectivity index is 1.41. The molecule has 10 heteroatoms. The smallest absolute Gasteiger partial charge is 0.287 e. The standard InChI is InChI=1S/C24H22Cl2N4O4/c1-14-22-18(29-30-21(31)13-33-19-8-7-16(25)10-17(19)26)5-2-6-20(22)34-23(14)24(32)28-12-15-4-3-9-27-11-15/h3-4,7-11H,2,5-6,12-13H2,1H3,(H,28,32)(H,30,31)/b29-18+. The minimum Gasteiger partial charge on any atom is -0.482 e. The molecule has 4 rings (SSSR count). The van der Waals surface area contributed by atoms with E-state index in [-0.39, 0.29) is 18.3 Å². The van der Waals surface area contributed by atoms with Crippen molar-refractivity contribution in [2.24, 2.45) is 5.10 Å². The highest BCUT2D eigenvalue weighted by molar-refractivity contribution is 6.35. The van der Waals surface area contributed by atoms with Crippen LogP contribution in [0.2, 0.25) is 10.0 Å². The molecule has 0 saturated heterocycles. The van der Waals surface area contributed by atoms with Gasteiger partial charge in [0.2, 0.25) is 0 Å². The number of ether oxygens (including phenoxy) is 1. The van der Waals surface area contributed by atoms with Crippen molar-refractivity contribution >= 4 is 40.7 Å². The summed E-state index contributed by atoms with van der Waals surface area (Å²) in [5.41, 5.74) is 5.51. The predicted molar refractivity (Wildman–Crippen MR) is 128 cm³/mol. The van der Waals surface area contributed by atoms with Crippen LogP contribution in [0.1, 0.15) is 45.8 Å². The molecule has 0 fully saturated rings. The normalized spacial score (nSPS) is 13.9. The zero-order chi connectivity index (χ0) is 24.1. The maximum absolute atomic E-state index is 12.7. The molecule has 0 unspecified atom stereocenters. The summed E-state index contributed by atoms with van der Waals surface area (Å²) in [6.07, 6.45) is 5.50. The van der Waals surface area contributed by atoms with Crippen LogP contribution in [0, 0.1) is 6.92 Å². The lowest BCUT2D eigenvalue weighted by molar-refractivity contribution is -0.123. The average molecular weight is 501 g/mol. The number of hydrogen-bond acceptors (Lipinski definition) is 6. The van der Waals surface area contributed by atoms with E-state index in [2.05, 4.69) is 20.8 Å². The molecule has 2 amide bonds. The van der Waals surface area contributed by atoms with Crippen LogP contribution in [0.15, 0.2) is 52.2 Å². The van der Waals surface area contributed by atoms with E-state index >= 15 is 0 Å². The second-order valence-corrected chi connectivity index (χ2v) is 8.55. The second-order valence-electron chi connectivity index (χ2n) is 7.71. The van der Waals surface area contributed by atoms with E-state index in [1.54, 1.807) is 24.5 Å². The molecule has 8 nitrogen and oxygen atoms in total. The van der Waals surface area contributed by atoms with Crippen molar-refractivity contribution in [3.63, 3.8) is 0 Å². The molecular weight excluding hydrogens is 479 g/mol. The monoisotopic (exact) mass is 500 g/mol. The molecule has 0 saturated carbocycles.